The van der Waals surface area contributed by atoms with Crippen LogP contribution in [0.15, 0.2) is 29.6 Å². The normalized spacial score (nSPS) is 21.0. The average molecular weight is 404 g/mol. The smallest absolute Gasteiger partial charge is 0.140 e. The molecule has 28 heavy (non-hydrogen) atoms. The number of thiazole rings is 1. The molecule has 154 valence electrons. The Morgan fingerprint density at radius 2 is 1.89 bits per heavy atom. The molecule has 6 heteroatoms. The van der Waals surface area contributed by atoms with Crippen LogP contribution in [0, 0.1) is 6.92 Å². The third kappa shape index (κ3) is 6.01. The van der Waals surface area contributed by atoms with Gasteiger partial charge >= 0.3 is 0 Å². The standard InChI is InChI=1S/C22H33N3O2S/c1-16-6-8-20(9-7-16)26-13-21-24-19(14-28-21)10-23-15-22(4,5)25-11-17(2)27-18(3)12-25/h6-9,14,17-18,23H,10-13,15H2,1-5H3. The summed E-state index contributed by atoms with van der Waals surface area (Å²) in [4.78, 5) is 7.22. The number of benzene rings is 1. The van der Waals surface area contributed by atoms with Gasteiger partial charge in [-0.3, -0.25) is 4.90 Å². The number of nitrogens with one attached hydrogen (secondary N) is 1. The molecule has 1 aromatic carbocycles. The second-order valence-electron chi connectivity index (χ2n) is 8.41. The maximum atomic E-state index is 5.87. The number of rotatable bonds is 8. The first-order chi connectivity index (χ1) is 13.3. The predicted molar refractivity (Wildman–Crippen MR) is 115 cm³/mol. The van der Waals surface area contributed by atoms with Gasteiger partial charge in [-0.05, 0) is 46.8 Å². The van der Waals surface area contributed by atoms with E-state index in [0.29, 0.717) is 6.61 Å². The van der Waals surface area contributed by atoms with Crippen molar-refractivity contribution in [3.05, 3.63) is 45.9 Å². The van der Waals surface area contributed by atoms with E-state index in [1.54, 1.807) is 11.3 Å². The summed E-state index contributed by atoms with van der Waals surface area (Å²) in [5.74, 6) is 0.885. The van der Waals surface area contributed by atoms with Gasteiger partial charge in [-0.25, -0.2) is 4.98 Å². The van der Waals surface area contributed by atoms with Crippen LogP contribution in [0.25, 0.3) is 0 Å². The van der Waals surface area contributed by atoms with Crippen molar-refractivity contribution < 1.29 is 9.47 Å². The molecule has 1 N–H and O–H groups in total. The van der Waals surface area contributed by atoms with Gasteiger partial charge in [-0.1, -0.05) is 17.7 Å². The quantitative estimate of drug-likeness (QED) is 0.722. The van der Waals surface area contributed by atoms with E-state index in [1.807, 2.05) is 12.1 Å². The lowest BCUT2D eigenvalue weighted by molar-refractivity contribution is -0.0952. The van der Waals surface area contributed by atoms with E-state index in [2.05, 4.69) is 62.3 Å². The molecule has 2 atom stereocenters. The van der Waals surface area contributed by atoms with Crippen molar-refractivity contribution in [2.45, 2.75) is 65.5 Å². The maximum absolute atomic E-state index is 5.87. The molecule has 2 aromatic rings. The van der Waals surface area contributed by atoms with Crippen molar-refractivity contribution in [3.8, 4) is 5.75 Å². The Bertz CT molecular complexity index is 734. The largest absolute Gasteiger partial charge is 0.486 e. The zero-order chi connectivity index (χ0) is 20.1. The zero-order valence-electron chi connectivity index (χ0n) is 17.7. The lowest BCUT2D eigenvalue weighted by Gasteiger charge is -2.45. The topological polar surface area (TPSA) is 46.6 Å². The van der Waals surface area contributed by atoms with E-state index in [-0.39, 0.29) is 17.7 Å². The summed E-state index contributed by atoms with van der Waals surface area (Å²) in [5.41, 5.74) is 2.39. The zero-order valence-corrected chi connectivity index (χ0v) is 18.5. The summed E-state index contributed by atoms with van der Waals surface area (Å²) in [6.45, 7) is 15.2. The summed E-state index contributed by atoms with van der Waals surface area (Å²) in [7, 11) is 0. The van der Waals surface area contributed by atoms with E-state index >= 15 is 0 Å². The Morgan fingerprint density at radius 3 is 2.57 bits per heavy atom. The second kappa shape index (κ2) is 9.35. The van der Waals surface area contributed by atoms with Gasteiger partial charge in [0.2, 0.25) is 0 Å². The fourth-order valence-corrected chi connectivity index (χ4v) is 4.26. The minimum atomic E-state index is 0.0830. The molecule has 2 unspecified atom stereocenters. The van der Waals surface area contributed by atoms with E-state index < -0.39 is 0 Å². The van der Waals surface area contributed by atoms with Crippen LogP contribution in [0.3, 0.4) is 0 Å². The Labute approximate surface area is 173 Å². The molecule has 1 aromatic heterocycles. The first-order valence-corrected chi connectivity index (χ1v) is 10.9. The maximum Gasteiger partial charge on any atom is 0.140 e. The summed E-state index contributed by atoms with van der Waals surface area (Å²) in [6.07, 6.45) is 0.579. The number of morpholine rings is 1. The Morgan fingerprint density at radius 1 is 1.21 bits per heavy atom. The summed E-state index contributed by atoms with van der Waals surface area (Å²) >= 11 is 1.66. The molecule has 0 radical (unpaired) electrons. The van der Waals surface area contributed by atoms with Crippen LogP contribution in [-0.2, 0) is 17.9 Å². The second-order valence-corrected chi connectivity index (χ2v) is 9.36. The first kappa shape index (κ1) is 21.2. The summed E-state index contributed by atoms with van der Waals surface area (Å²) < 4.78 is 11.7. The van der Waals surface area contributed by atoms with Crippen LogP contribution >= 0.6 is 11.3 Å². The van der Waals surface area contributed by atoms with Crippen LogP contribution < -0.4 is 10.1 Å². The predicted octanol–water partition coefficient (Wildman–Crippen LogP) is 4.01. The SMILES string of the molecule is Cc1ccc(OCc2nc(CNCC(C)(C)N3CC(C)OC(C)C3)cs2)cc1. The van der Waals surface area contributed by atoms with Gasteiger partial charge in [0.1, 0.15) is 17.4 Å². The molecular formula is C22H33N3O2S. The molecule has 3 rings (SSSR count). The van der Waals surface area contributed by atoms with E-state index in [4.69, 9.17) is 14.5 Å². The van der Waals surface area contributed by atoms with Gasteiger partial charge in [-0.2, -0.15) is 0 Å². The van der Waals surface area contributed by atoms with Crippen molar-refractivity contribution in [3.63, 3.8) is 0 Å². The molecule has 1 fully saturated rings. The lowest BCUT2D eigenvalue weighted by atomic mass is 10.00. The van der Waals surface area contributed by atoms with Crippen molar-refractivity contribution in [2.24, 2.45) is 0 Å². The van der Waals surface area contributed by atoms with Gasteiger partial charge < -0.3 is 14.8 Å². The van der Waals surface area contributed by atoms with E-state index in [1.165, 1.54) is 5.56 Å². The van der Waals surface area contributed by atoms with Crippen LogP contribution in [-0.4, -0.2) is 47.3 Å². The first-order valence-electron chi connectivity index (χ1n) is 10.1. The number of hydrogen-bond acceptors (Lipinski definition) is 6. The molecule has 5 nitrogen and oxygen atoms in total. The minimum Gasteiger partial charge on any atom is -0.486 e. The molecule has 0 amide bonds. The molecular weight excluding hydrogens is 370 g/mol. The molecule has 1 aliphatic rings. The van der Waals surface area contributed by atoms with Gasteiger partial charge in [0.15, 0.2) is 0 Å². The van der Waals surface area contributed by atoms with Gasteiger partial charge in [0.25, 0.3) is 0 Å². The van der Waals surface area contributed by atoms with E-state index in [9.17, 15) is 0 Å². The number of aromatic nitrogens is 1. The van der Waals surface area contributed by atoms with Crippen molar-refractivity contribution >= 4 is 11.3 Å². The number of nitrogens with zero attached hydrogens (tertiary/aromatic N) is 2. The highest BCUT2D eigenvalue weighted by molar-refractivity contribution is 7.09. The third-order valence-corrected chi connectivity index (χ3v) is 5.99. The summed E-state index contributed by atoms with van der Waals surface area (Å²) in [5, 5.41) is 6.71. The van der Waals surface area contributed by atoms with E-state index in [0.717, 1.165) is 42.6 Å². The van der Waals surface area contributed by atoms with Gasteiger partial charge in [0.05, 0.1) is 17.9 Å². The lowest BCUT2D eigenvalue weighted by Crippen LogP contribution is -2.58. The highest BCUT2D eigenvalue weighted by Gasteiger charge is 2.32. The Balaban J connectivity index is 1.44. The molecule has 0 bridgehead atoms. The number of aryl methyl sites for hydroxylation is 1. The van der Waals surface area contributed by atoms with Gasteiger partial charge in [0, 0.05) is 37.1 Å². The van der Waals surface area contributed by atoms with Gasteiger partial charge in [-0.15, -0.1) is 11.3 Å². The highest BCUT2D eigenvalue weighted by Crippen LogP contribution is 2.21. The van der Waals surface area contributed by atoms with Crippen molar-refractivity contribution in [1.29, 1.82) is 0 Å². The molecule has 0 aliphatic carbocycles. The minimum absolute atomic E-state index is 0.0830. The van der Waals surface area contributed by atoms with Crippen LogP contribution in [0.4, 0.5) is 0 Å². The monoisotopic (exact) mass is 403 g/mol. The third-order valence-electron chi connectivity index (χ3n) is 5.12. The van der Waals surface area contributed by atoms with Crippen LogP contribution in [0.1, 0.15) is 44.0 Å². The number of hydrogen-bond donors (Lipinski definition) is 1. The van der Waals surface area contributed by atoms with Crippen molar-refractivity contribution in [1.82, 2.24) is 15.2 Å². The van der Waals surface area contributed by atoms with Crippen molar-refractivity contribution in [2.75, 3.05) is 19.6 Å². The fraction of sp³-hybridized carbons (Fsp3) is 0.591. The molecule has 1 aliphatic heterocycles. The number of ether oxygens (including phenoxy) is 2. The molecule has 0 saturated carbocycles. The fourth-order valence-electron chi connectivity index (χ4n) is 3.56. The highest BCUT2D eigenvalue weighted by atomic mass is 32.1. The molecule has 0 spiro atoms. The molecule has 2 heterocycles. The summed E-state index contributed by atoms with van der Waals surface area (Å²) in [6, 6.07) is 8.12. The van der Waals surface area contributed by atoms with Crippen LogP contribution in [0.5, 0.6) is 5.75 Å². The molecule has 1 saturated heterocycles. The average Bonchev–Trinajstić information content (AvgIpc) is 3.08. The Hall–Kier alpha value is -1.47. The Kier molecular flexibility index (Phi) is 7.10. The van der Waals surface area contributed by atoms with Crippen LogP contribution in [0.2, 0.25) is 0 Å².